The van der Waals surface area contributed by atoms with Crippen LogP contribution in [0.2, 0.25) is 0 Å². The Morgan fingerprint density at radius 3 is 2.63 bits per heavy atom. The summed E-state index contributed by atoms with van der Waals surface area (Å²) in [5, 5.41) is -0.134. The van der Waals surface area contributed by atoms with Gasteiger partial charge in [0.2, 0.25) is 0 Å². The number of carbonyl (C=O) groups excluding carboxylic acids is 3. The van der Waals surface area contributed by atoms with E-state index in [1.807, 2.05) is 4.90 Å². The number of thiocarbonyl (C=S) groups is 1. The van der Waals surface area contributed by atoms with Crippen LogP contribution in [0, 0.1) is 0 Å². The van der Waals surface area contributed by atoms with Crippen LogP contribution in [0.5, 0.6) is 11.5 Å². The number of hydrogen-bond donors (Lipinski definition) is 0. The number of para-hydroxylation sites is 2. The van der Waals surface area contributed by atoms with Crippen molar-refractivity contribution in [3.63, 3.8) is 0 Å². The zero-order chi connectivity index (χ0) is 19.8. The van der Waals surface area contributed by atoms with E-state index in [1.165, 1.54) is 13.8 Å². The molecule has 0 radical (unpaired) electrons. The van der Waals surface area contributed by atoms with Gasteiger partial charge in [-0.15, -0.1) is 11.8 Å². The summed E-state index contributed by atoms with van der Waals surface area (Å²) in [6, 6.07) is 6.90. The Bertz CT molecular complexity index is 725. The summed E-state index contributed by atoms with van der Waals surface area (Å²) in [4.78, 5) is 36.8. The number of hydrogen-bond acceptors (Lipinski definition) is 8. The smallest absolute Gasteiger partial charge is 0.321 e. The summed E-state index contributed by atoms with van der Waals surface area (Å²) in [5.41, 5.74) is 0. The second-order valence-corrected chi connectivity index (χ2v) is 8.71. The molecule has 146 valence electrons. The third kappa shape index (κ3) is 7.15. The van der Waals surface area contributed by atoms with Crippen molar-refractivity contribution in [3.8, 4) is 11.5 Å². The van der Waals surface area contributed by atoms with Crippen molar-refractivity contribution in [2.24, 2.45) is 0 Å². The van der Waals surface area contributed by atoms with Crippen LogP contribution in [0.4, 0.5) is 0 Å². The molecule has 1 saturated heterocycles. The van der Waals surface area contributed by atoms with Gasteiger partial charge in [0.05, 0.1) is 17.2 Å². The highest BCUT2D eigenvalue weighted by Gasteiger charge is 2.28. The van der Waals surface area contributed by atoms with Gasteiger partial charge in [0.1, 0.15) is 17.8 Å². The van der Waals surface area contributed by atoms with E-state index in [9.17, 15) is 14.4 Å². The van der Waals surface area contributed by atoms with Crippen LogP contribution >= 0.6 is 35.7 Å². The second-order valence-electron chi connectivity index (χ2n) is 5.80. The van der Waals surface area contributed by atoms with Crippen molar-refractivity contribution in [1.29, 1.82) is 0 Å². The third-order valence-corrected chi connectivity index (χ3v) is 5.92. The van der Waals surface area contributed by atoms with E-state index in [1.54, 1.807) is 36.0 Å². The van der Waals surface area contributed by atoms with Crippen LogP contribution in [0.1, 0.15) is 20.3 Å². The number of benzene rings is 1. The number of ketones is 1. The topological polar surface area (TPSA) is 72.9 Å². The van der Waals surface area contributed by atoms with Gasteiger partial charge in [0.15, 0.2) is 16.6 Å². The van der Waals surface area contributed by atoms with E-state index in [-0.39, 0.29) is 28.4 Å². The summed E-state index contributed by atoms with van der Waals surface area (Å²) in [5.74, 6) is 1.15. The second kappa shape index (κ2) is 10.7. The molecule has 0 saturated carbocycles. The first-order valence-corrected chi connectivity index (χ1v) is 10.8. The normalized spacial score (nSPS) is 16.1. The van der Waals surface area contributed by atoms with E-state index in [0.29, 0.717) is 23.1 Å². The van der Waals surface area contributed by atoms with Gasteiger partial charge >= 0.3 is 5.97 Å². The van der Waals surface area contributed by atoms with Crippen molar-refractivity contribution >= 4 is 57.6 Å². The summed E-state index contributed by atoms with van der Waals surface area (Å²) < 4.78 is 11.2. The third-order valence-electron chi connectivity index (χ3n) is 3.56. The Balaban J connectivity index is 1.95. The zero-order valence-electron chi connectivity index (χ0n) is 15.1. The molecular formula is C18H21NO5S3. The van der Waals surface area contributed by atoms with E-state index < -0.39 is 5.97 Å². The zero-order valence-corrected chi connectivity index (χ0v) is 17.6. The Labute approximate surface area is 172 Å². The molecule has 0 amide bonds. The molecule has 0 aliphatic carbocycles. The highest BCUT2D eigenvalue weighted by molar-refractivity contribution is 8.14. The summed E-state index contributed by atoms with van der Waals surface area (Å²) in [7, 11) is 0. The first kappa shape index (κ1) is 21.7. The van der Waals surface area contributed by atoms with Gasteiger partial charge in [0, 0.05) is 19.2 Å². The van der Waals surface area contributed by atoms with Crippen LogP contribution in [0.3, 0.4) is 0 Å². The van der Waals surface area contributed by atoms with E-state index in [2.05, 4.69) is 0 Å². The Kier molecular flexibility index (Phi) is 8.59. The lowest BCUT2D eigenvalue weighted by molar-refractivity contribution is -0.131. The summed E-state index contributed by atoms with van der Waals surface area (Å²) in [6.45, 7) is 4.05. The van der Waals surface area contributed by atoms with Crippen molar-refractivity contribution in [1.82, 2.24) is 4.90 Å². The molecule has 0 bridgehead atoms. The fourth-order valence-electron chi connectivity index (χ4n) is 2.39. The standard InChI is InChI=1S/C18H21NO5S3/c1-12(20)9-16(25)19-7-8-26-17(19)10-23-14-5-3-4-6-15(14)24-18(22)11-27-13(2)21/h3-6,17H,7-11H2,1-2H3. The molecule has 2 rings (SSSR count). The fourth-order valence-corrected chi connectivity index (χ4v) is 4.41. The molecule has 1 aromatic rings. The first-order valence-electron chi connectivity index (χ1n) is 8.33. The molecule has 1 aliphatic heterocycles. The minimum atomic E-state index is -0.509. The lowest BCUT2D eigenvalue weighted by atomic mass is 10.3. The first-order chi connectivity index (χ1) is 12.9. The number of nitrogens with zero attached hydrogens (tertiary/aromatic N) is 1. The maximum absolute atomic E-state index is 11.9. The van der Waals surface area contributed by atoms with E-state index in [0.717, 1.165) is 24.1 Å². The summed E-state index contributed by atoms with van der Waals surface area (Å²) in [6.07, 6.45) is 0.258. The molecule has 0 aromatic heterocycles. The van der Waals surface area contributed by atoms with Gasteiger partial charge in [-0.3, -0.25) is 14.4 Å². The summed E-state index contributed by atoms with van der Waals surface area (Å²) >= 11 is 7.98. The lowest BCUT2D eigenvalue weighted by Gasteiger charge is -2.26. The maximum atomic E-state index is 11.9. The average Bonchev–Trinajstić information content (AvgIpc) is 3.07. The van der Waals surface area contributed by atoms with Gasteiger partial charge in [0.25, 0.3) is 0 Å². The van der Waals surface area contributed by atoms with Crippen LogP contribution in [0.25, 0.3) is 0 Å². The van der Waals surface area contributed by atoms with E-state index in [4.69, 9.17) is 21.7 Å². The van der Waals surface area contributed by atoms with Crippen molar-refractivity contribution in [2.45, 2.75) is 25.6 Å². The largest absolute Gasteiger partial charge is 0.487 e. The van der Waals surface area contributed by atoms with Crippen LogP contribution < -0.4 is 9.47 Å². The average molecular weight is 428 g/mol. The quantitative estimate of drug-likeness (QED) is 0.354. The molecule has 1 heterocycles. The molecule has 27 heavy (non-hydrogen) atoms. The fraction of sp³-hybridized carbons (Fsp3) is 0.444. The van der Waals surface area contributed by atoms with Gasteiger partial charge in [-0.25, -0.2) is 0 Å². The molecule has 1 fully saturated rings. The number of ether oxygens (including phenoxy) is 2. The Morgan fingerprint density at radius 1 is 1.26 bits per heavy atom. The molecule has 6 nitrogen and oxygen atoms in total. The van der Waals surface area contributed by atoms with Crippen molar-refractivity contribution < 1.29 is 23.9 Å². The Morgan fingerprint density at radius 2 is 1.96 bits per heavy atom. The predicted octanol–water partition coefficient (Wildman–Crippen LogP) is 2.93. The highest BCUT2D eigenvalue weighted by atomic mass is 32.2. The minimum Gasteiger partial charge on any atom is -0.487 e. The van der Waals surface area contributed by atoms with Gasteiger partial charge in [-0.05, 0) is 19.1 Å². The molecule has 9 heteroatoms. The lowest BCUT2D eigenvalue weighted by Crippen LogP contribution is -2.37. The van der Waals surface area contributed by atoms with Crippen molar-refractivity contribution in [3.05, 3.63) is 24.3 Å². The van der Waals surface area contributed by atoms with Crippen LogP contribution in [-0.4, -0.2) is 56.8 Å². The molecule has 1 aliphatic rings. The van der Waals surface area contributed by atoms with Gasteiger partial charge in [-0.1, -0.05) is 36.1 Å². The van der Waals surface area contributed by atoms with Gasteiger partial charge < -0.3 is 14.4 Å². The molecule has 0 spiro atoms. The SMILES string of the molecule is CC(=O)CC(=S)N1CCSC1COc1ccccc1OC(=O)CSC(C)=O. The Hall–Kier alpha value is -1.58. The molecule has 1 atom stereocenters. The van der Waals surface area contributed by atoms with E-state index >= 15 is 0 Å². The molecule has 1 unspecified atom stereocenters. The number of Topliss-reactive ketones (excluding diaryl/α,β-unsaturated/α-hetero) is 1. The minimum absolute atomic E-state index is 0.00822. The number of carbonyl (C=O) groups is 3. The monoisotopic (exact) mass is 427 g/mol. The van der Waals surface area contributed by atoms with Gasteiger partial charge in [-0.2, -0.15) is 0 Å². The predicted molar refractivity (Wildman–Crippen MR) is 112 cm³/mol. The van der Waals surface area contributed by atoms with Crippen molar-refractivity contribution in [2.75, 3.05) is 24.7 Å². The van der Waals surface area contributed by atoms with Crippen LogP contribution in [-0.2, 0) is 14.4 Å². The van der Waals surface area contributed by atoms with Crippen LogP contribution in [0.15, 0.2) is 24.3 Å². The molecule has 1 aromatic carbocycles. The number of rotatable bonds is 8. The highest BCUT2D eigenvalue weighted by Crippen LogP contribution is 2.30. The maximum Gasteiger partial charge on any atom is 0.321 e. The molecular weight excluding hydrogens is 406 g/mol. The molecule has 0 N–H and O–H groups in total. The number of esters is 1. The number of thioether (sulfide) groups is 2.